The minimum atomic E-state index is -0.139. The minimum absolute atomic E-state index is 0.139. The van der Waals surface area contributed by atoms with Gasteiger partial charge in [-0.05, 0) is 35.6 Å². The normalized spacial score (nSPS) is 12.5. The van der Waals surface area contributed by atoms with Crippen molar-refractivity contribution in [2.24, 2.45) is 24.4 Å². The highest BCUT2D eigenvalue weighted by molar-refractivity contribution is 5.97. The van der Waals surface area contributed by atoms with Gasteiger partial charge in [0, 0.05) is 49.2 Å². The second-order valence-corrected chi connectivity index (χ2v) is 7.10. The molecule has 0 unspecified atom stereocenters. The van der Waals surface area contributed by atoms with E-state index in [2.05, 4.69) is 36.4 Å². The van der Waals surface area contributed by atoms with Crippen LogP contribution in [0.5, 0.6) is 0 Å². The summed E-state index contributed by atoms with van der Waals surface area (Å²) in [4.78, 5) is 12.4. The van der Waals surface area contributed by atoms with Crippen LogP contribution < -0.4 is 16.8 Å². The summed E-state index contributed by atoms with van der Waals surface area (Å²) in [5.74, 6) is 0.0412. The molecule has 1 heterocycles. The summed E-state index contributed by atoms with van der Waals surface area (Å²) in [5, 5.41) is 7.04. The lowest BCUT2D eigenvalue weighted by Gasteiger charge is -2.17. The van der Waals surface area contributed by atoms with Gasteiger partial charge in [-0.25, -0.2) is 0 Å². The quantitative estimate of drug-likeness (QED) is 0.441. The highest BCUT2D eigenvalue weighted by Crippen LogP contribution is 2.31. The summed E-state index contributed by atoms with van der Waals surface area (Å²) in [5.41, 5.74) is 17.1. The number of nitrogens with zero attached hydrogens (tertiary/aromatic N) is 2. The fourth-order valence-electron chi connectivity index (χ4n) is 3.06. The van der Waals surface area contributed by atoms with Crippen molar-refractivity contribution in [1.82, 2.24) is 15.1 Å². The Labute approximate surface area is 186 Å². The highest BCUT2D eigenvalue weighted by atomic mass is 16.1. The summed E-state index contributed by atoms with van der Waals surface area (Å²) in [6.45, 7) is 10.9. The maximum atomic E-state index is 12.4. The number of hydrogen-bond donors (Lipinski definition) is 3. The van der Waals surface area contributed by atoms with Gasteiger partial charge < -0.3 is 16.8 Å². The molecule has 0 radical (unpaired) electrons. The fourth-order valence-corrected chi connectivity index (χ4v) is 3.06. The van der Waals surface area contributed by atoms with Crippen molar-refractivity contribution in [3.8, 4) is 11.1 Å². The summed E-state index contributed by atoms with van der Waals surface area (Å²) < 4.78 is 1.78. The molecule has 168 valence electrons. The molecule has 2 aromatic rings. The lowest BCUT2D eigenvalue weighted by Crippen LogP contribution is -2.29. The molecule has 0 saturated heterocycles. The van der Waals surface area contributed by atoms with Crippen molar-refractivity contribution < 1.29 is 4.79 Å². The molecule has 0 fully saturated rings. The number of allylic oxidation sites excluding steroid dienone is 3. The molecular formula is C25H37N5O. The molecular weight excluding hydrogens is 386 g/mol. The van der Waals surface area contributed by atoms with Crippen molar-refractivity contribution in [3.05, 3.63) is 71.7 Å². The molecule has 0 aliphatic carbocycles. The maximum absolute atomic E-state index is 12.4. The van der Waals surface area contributed by atoms with E-state index < -0.39 is 0 Å². The molecule has 0 aliphatic heterocycles. The molecule has 0 atom stereocenters. The Hall–Kier alpha value is -3.12. The molecule has 31 heavy (non-hydrogen) atoms. The number of benzene rings is 1. The Bertz CT molecular complexity index is 918. The third kappa shape index (κ3) is 7.26. The fraction of sp³-hybridized carbons (Fsp3) is 0.360. The third-order valence-electron chi connectivity index (χ3n) is 4.65. The van der Waals surface area contributed by atoms with E-state index >= 15 is 0 Å². The molecule has 0 aliphatic rings. The van der Waals surface area contributed by atoms with Crippen molar-refractivity contribution in [2.45, 2.75) is 34.6 Å². The molecule has 1 aromatic heterocycles. The number of carbonyl (C=O) groups is 1. The number of nitrogens with one attached hydrogen (secondary N) is 1. The molecule has 6 nitrogen and oxygen atoms in total. The van der Waals surface area contributed by atoms with E-state index in [9.17, 15) is 4.79 Å². The van der Waals surface area contributed by atoms with E-state index in [0.29, 0.717) is 18.7 Å². The zero-order valence-corrected chi connectivity index (χ0v) is 19.6. The van der Waals surface area contributed by atoms with E-state index in [1.165, 1.54) is 0 Å². The van der Waals surface area contributed by atoms with Gasteiger partial charge >= 0.3 is 0 Å². The van der Waals surface area contributed by atoms with Gasteiger partial charge in [0.15, 0.2) is 0 Å². The number of aryl methyl sites for hydroxylation is 1. The van der Waals surface area contributed by atoms with Gasteiger partial charge in [0.1, 0.15) is 0 Å². The minimum Gasteiger partial charge on any atom is -0.404 e. The maximum Gasteiger partial charge on any atom is 0.250 e. The van der Waals surface area contributed by atoms with Gasteiger partial charge in [0.05, 0.1) is 6.20 Å². The number of rotatable bonds is 8. The van der Waals surface area contributed by atoms with Gasteiger partial charge in [-0.3, -0.25) is 9.48 Å². The average Bonchev–Trinajstić information content (AvgIpc) is 3.22. The Morgan fingerprint density at radius 1 is 1.19 bits per heavy atom. The van der Waals surface area contributed by atoms with E-state index in [-0.39, 0.29) is 11.8 Å². The molecule has 0 saturated carbocycles. The largest absolute Gasteiger partial charge is 0.404 e. The van der Waals surface area contributed by atoms with Crippen LogP contribution in [-0.4, -0.2) is 28.8 Å². The van der Waals surface area contributed by atoms with Crippen molar-refractivity contribution in [2.75, 3.05) is 13.1 Å². The van der Waals surface area contributed by atoms with Crippen LogP contribution in [0.1, 0.15) is 40.2 Å². The Morgan fingerprint density at radius 3 is 2.29 bits per heavy atom. The highest BCUT2D eigenvalue weighted by Gasteiger charge is 2.15. The second kappa shape index (κ2) is 13.2. The third-order valence-corrected chi connectivity index (χ3v) is 4.65. The van der Waals surface area contributed by atoms with Crippen LogP contribution in [0, 0.1) is 5.92 Å². The van der Waals surface area contributed by atoms with Crippen LogP contribution in [0.2, 0.25) is 0 Å². The smallest absolute Gasteiger partial charge is 0.250 e. The SMILES string of the molecule is CC.C\C=C(/C=C(/C(=C\N)c1ccc(-c2cnn(C)c2)cc1)C(C)C)C(=O)NCCN. The topological polar surface area (TPSA) is 99.0 Å². The van der Waals surface area contributed by atoms with Crippen LogP contribution in [0.25, 0.3) is 16.7 Å². The van der Waals surface area contributed by atoms with Gasteiger partial charge in [-0.15, -0.1) is 0 Å². The molecule has 2 rings (SSSR count). The number of hydrogen-bond acceptors (Lipinski definition) is 4. The standard InChI is InChI=1S/C23H31N5O.C2H6/c1-5-17(23(29)26-11-10-24)12-21(16(2)3)22(13-25)19-8-6-18(7-9-19)20-14-27-28(4)15-20;1-2/h5-9,12-16H,10-11,24-25H2,1-4H3,(H,26,29);1-2H3/b17-5+,21-12+,22-13-;. The Balaban J connectivity index is 0.00000233. The molecule has 1 aromatic carbocycles. The van der Waals surface area contributed by atoms with Gasteiger partial charge in [-0.1, -0.05) is 58.0 Å². The van der Waals surface area contributed by atoms with Crippen LogP contribution in [0.15, 0.2) is 66.2 Å². The molecule has 1 amide bonds. The molecule has 0 spiro atoms. The van der Waals surface area contributed by atoms with E-state index in [0.717, 1.165) is 27.8 Å². The first-order valence-corrected chi connectivity index (χ1v) is 10.8. The van der Waals surface area contributed by atoms with Crippen LogP contribution in [0.3, 0.4) is 0 Å². The predicted molar refractivity (Wildman–Crippen MR) is 131 cm³/mol. The van der Waals surface area contributed by atoms with Crippen molar-refractivity contribution in [1.29, 1.82) is 0 Å². The Kier molecular flexibility index (Phi) is 11.1. The first kappa shape index (κ1) is 25.9. The summed E-state index contributed by atoms with van der Waals surface area (Å²) >= 11 is 0. The number of carbonyl (C=O) groups excluding carboxylic acids is 1. The molecule has 5 N–H and O–H groups in total. The van der Waals surface area contributed by atoms with E-state index in [1.807, 2.05) is 58.4 Å². The monoisotopic (exact) mass is 423 g/mol. The van der Waals surface area contributed by atoms with Crippen LogP contribution >= 0.6 is 0 Å². The Morgan fingerprint density at radius 2 is 1.84 bits per heavy atom. The average molecular weight is 424 g/mol. The zero-order chi connectivity index (χ0) is 23.4. The van der Waals surface area contributed by atoms with Gasteiger partial charge in [-0.2, -0.15) is 5.10 Å². The van der Waals surface area contributed by atoms with E-state index in [1.54, 1.807) is 17.0 Å². The van der Waals surface area contributed by atoms with Crippen molar-refractivity contribution >= 4 is 11.5 Å². The summed E-state index contributed by atoms with van der Waals surface area (Å²) in [7, 11) is 1.90. The number of aromatic nitrogens is 2. The zero-order valence-electron chi connectivity index (χ0n) is 19.6. The van der Waals surface area contributed by atoms with Gasteiger partial charge in [0.2, 0.25) is 0 Å². The first-order chi connectivity index (χ1) is 14.9. The summed E-state index contributed by atoms with van der Waals surface area (Å²) in [6, 6.07) is 8.19. The van der Waals surface area contributed by atoms with E-state index in [4.69, 9.17) is 11.5 Å². The molecule has 0 bridgehead atoms. The summed E-state index contributed by atoms with van der Waals surface area (Å²) in [6.07, 6.45) is 9.13. The number of nitrogens with two attached hydrogens (primary N) is 2. The van der Waals surface area contributed by atoms with Crippen LogP contribution in [0.4, 0.5) is 0 Å². The lowest BCUT2D eigenvalue weighted by atomic mass is 9.88. The second-order valence-electron chi connectivity index (χ2n) is 7.10. The van der Waals surface area contributed by atoms with Crippen LogP contribution in [-0.2, 0) is 11.8 Å². The molecule has 6 heteroatoms. The first-order valence-electron chi connectivity index (χ1n) is 10.8. The van der Waals surface area contributed by atoms with Crippen molar-refractivity contribution in [3.63, 3.8) is 0 Å². The number of amides is 1. The lowest BCUT2D eigenvalue weighted by molar-refractivity contribution is -0.117. The van der Waals surface area contributed by atoms with Gasteiger partial charge in [0.25, 0.3) is 5.91 Å². The predicted octanol–water partition coefficient (Wildman–Crippen LogP) is 4.02.